The van der Waals surface area contributed by atoms with Gasteiger partial charge in [0.05, 0.1) is 5.75 Å². The Morgan fingerprint density at radius 1 is 1.00 bits per heavy atom. The maximum Gasteiger partial charge on any atom is 0.291 e. The second-order valence-electron chi connectivity index (χ2n) is 8.20. The number of nitrogens with one attached hydrogen (secondary N) is 2. The van der Waals surface area contributed by atoms with Gasteiger partial charge >= 0.3 is 0 Å². The molecular weight excluding hydrogens is 416 g/mol. The van der Waals surface area contributed by atoms with Gasteiger partial charge in [0.15, 0.2) is 15.6 Å². The average Bonchev–Trinajstić information content (AvgIpc) is 3.05. The zero-order valence-corrected chi connectivity index (χ0v) is 18.8. The van der Waals surface area contributed by atoms with Crippen LogP contribution in [0.1, 0.15) is 53.7 Å². The average molecular weight is 443 g/mol. The van der Waals surface area contributed by atoms with Gasteiger partial charge in [-0.3, -0.25) is 9.59 Å². The van der Waals surface area contributed by atoms with E-state index in [1.54, 1.807) is 48.5 Å². The van der Waals surface area contributed by atoms with E-state index in [0.717, 1.165) is 12.7 Å². The third-order valence-electron chi connectivity index (χ3n) is 5.05. The van der Waals surface area contributed by atoms with Gasteiger partial charge in [-0.2, -0.15) is 0 Å². The highest BCUT2D eigenvalue weighted by atomic mass is 32.2. The number of benzene rings is 2. The molecule has 2 N–H and O–H groups in total. The van der Waals surface area contributed by atoms with E-state index in [1.165, 1.54) is 0 Å². The van der Waals surface area contributed by atoms with E-state index in [-0.39, 0.29) is 23.0 Å². The van der Waals surface area contributed by atoms with Crippen LogP contribution in [0, 0.1) is 0 Å². The van der Waals surface area contributed by atoms with Crippen LogP contribution in [0.25, 0.3) is 11.0 Å². The van der Waals surface area contributed by atoms with Gasteiger partial charge in [-0.1, -0.05) is 25.1 Å². The van der Waals surface area contributed by atoms with Crippen molar-refractivity contribution < 1.29 is 22.4 Å². The Kier molecular flexibility index (Phi) is 6.22. The molecule has 31 heavy (non-hydrogen) atoms. The van der Waals surface area contributed by atoms with Crippen LogP contribution in [0.5, 0.6) is 0 Å². The molecule has 0 aliphatic carbocycles. The molecule has 0 bridgehead atoms. The van der Waals surface area contributed by atoms with Crippen LogP contribution >= 0.6 is 0 Å². The van der Waals surface area contributed by atoms with Crippen molar-refractivity contribution in [2.45, 2.75) is 38.5 Å². The Bertz CT molecular complexity index is 1220. The first-order valence-corrected chi connectivity index (χ1v) is 12.0. The summed E-state index contributed by atoms with van der Waals surface area (Å²) in [6.07, 6.45) is 1.90. The summed E-state index contributed by atoms with van der Waals surface area (Å²) in [5.41, 5.74) is 1.38. The normalized spacial score (nSPS) is 12.0. The number of hydrogen-bond donors (Lipinski definition) is 2. The summed E-state index contributed by atoms with van der Waals surface area (Å²) >= 11 is 0. The van der Waals surface area contributed by atoms with Crippen molar-refractivity contribution in [1.82, 2.24) is 5.32 Å². The van der Waals surface area contributed by atoms with Crippen molar-refractivity contribution in [2.75, 3.05) is 11.6 Å². The fourth-order valence-corrected chi connectivity index (χ4v) is 3.86. The zero-order chi connectivity index (χ0) is 22.8. The highest BCUT2D eigenvalue weighted by molar-refractivity contribution is 7.89. The maximum atomic E-state index is 12.9. The van der Waals surface area contributed by atoms with Crippen LogP contribution in [0.4, 0.5) is 5.69 Å². The van der Waals surface area contributed by atoms with Crippen molar-refractivity contribution in [2.24, 2.45) is 0 Å². The van der Waals surface area contributed by atoms with E-state index in [0.29, 0.717) is 27.8 Å². The molecule has 0 aliphatic heterocycles. The van der Waals surface area contributed by atoms with Gasteiger partial charge in [-0.05, 0) is 50.6 Å². The summed E-state index contributed by atoms with van der Waals surface area (Å²) in [5.74, 6) is -1.10. The summed E-state index contributed by atoms with van der Waals surface area (Å²) in [6, 6.07) is 13.4. The Morgan fingerprint density at radius 3 is 2.26 bits per heavy atom. The van der Waals surface area contributed by atoms with Crippen LogP contribution in [0.15, 0.2) is 52.9 Å². The van der Waals surface area contributed by atoms with Crippen LogP contribution in [-0.2, 0) is 15.6 Å². The molecular formula is C23H26N2O5S. The van der Waals surface area contributed by atoms with Gasteiger partial charge < -0.3 is 15.1 Å². The van der Waals surface area contributed by atoms with E-state index in [2.05, 4.69) is 10.6 Å². The first-order chi connectivity index (χ1) is 14.5. The molecule has 1 aromatic heterocycles. The van der Waals surface area contributed by atoms with Crippen LogP contribution in [0.3, 0.4) is 0 Å². The van der Waals surface area contributed by atoms with E-state index < -0.39 is 15.7 Å². The van der Waals surface area contributed by atoms with Gasteiger partial charge in [0.1, 0.15) is 5.58 Å². The van der Waals surface area contributed by atoms with Crippen molar-refractivity contribution in [3.05, 3.63) is 65.4 Å². The monoisotopic (exact) mass is 442 g/mol. The molecule has 2 amide bonds. The number of anilines is 1. The lowest BCUT2D eigenvalue weighted by atomic mass is 10.0. The van der Waals surface area contributed by atoms with Gasteiger partial charge in [0.25, 0.3) is 11.8 Å². The molecule has 3 aromatic rings. The number of carbonyl (C=O) groups excluding carboxylic acids is 2. The fourth-order valence-electron chi connectivity index (χ4n) is 3.05. The smallest absolute Gasteiger partial charge is 0.291 e. The standard InChI is InChI=1S/C23H26N2O5S/c1-5-23(2,3)25-21(26)15-10-12-16(13-11-15)24-22(27)20-18(14-31(4,28)29)17-8-6-7-9-19(17)30-20/h6-13H,5,14H2,1-4H3,(H,24,27)(H,25,26). The third-order valence-corrected chi connectivity index (χ3v) is 5.86. The molecule has 0 aliphatic rings. The molecule has 0 unspecified atom stereocenters. The predicted octanol–water partition coefficient (Wildman–Crippen LogP) is 4.15. The van der Waals surface area contributed by atoms with E-state index >= 15 is 0 Å². The van der Waals surface area contributed by atoms with Crippen LogP contribution in [0.2, 0.25) is 0 Å². The minimum Gasteiger partial charge on any atom is -0.451 e. The number of para-hydroxylation sites is 1. The zero-order valence-electron chi connectivity index (χ0n) is 18.0. The Balaban J connectivity index is 1.83. The molecule has 3 rings (SSSR count). The lowest BCUT2D eigenvalue weighted by Gasteiger charge is -2.24. The molecule has 0 atom stereocenters. The Morgan fingerprint density at radius 2 is 1.65 bits per heavy atom. The van der Waals surface area contributed by atoms with Gasteiger partial charge in [-0.25, -0.2) is 8.42 Å². The minimum absolute atomic E-state index is 0.0434. The summed E-state index contributed by atoms with van der Waals surface area (Å²) in [4.78, 5) is 25.2. The molecule has 0 saturated carbocycles. The molecule has 7 nitrogen and oxygen atoms in total. The number of rotatable bonds is 7. The van der Waals surface area contributed by atoms with Gasteiger partial charge in [0, 0.05) is 34.0 Å². The highest BCUT2D eigenvalue weighted by Crippen LogP contribution is 2.28. The number of amides is 2. The molecule has 0 saturated heterocycles. The molecule has 0 fully saturated rings. The number of furan rings is 1. The van der Waals surface area contributed by atoms with Gasteiger partial charge in [-0.15, -0.1) is 0 Å². The second-order valence-corrected chi connectivity index (χ2v) is 10.3. The first kappa shape index (κ1) is 22.6. The van der Waals surface area contributed by atoms with Gasteiger partial charge in [0.2, 0.25) is 0 Å². The quantitative estimate of drug-likeness (QED) is 0.572. The fraction of sp³-hybridized carbons (Fsp3) is 0.304. The first-order valence-electron chi connectivity index (χ1n) is 9.91. The summed E-state index contributed by atoms with van der Waals surface area (Å²) < 4.78 is 29.4. The second kappa shape index (κ2) is 8.55. The van der Waals surface area contributed by atoms with Crippen LogP contribution < -0.4 is 10.6 Å². The van der Waals surface area contributed by atoms with E-state index in [4.69, 9.17) is 4.42 Å². The van der Waals surface area contributed by atoms with Crippen molar-refractivity contribution in [3.63, 3.8) is 0 Å². The molecule has 8 heteroatoms. The molecule has 1 heterocycles. The number of carbonyl (C=O) groups is 2. The summed E-state index contributed by atoms with van der Waals surface area (Å²) in [7, 11) is -3.38. The third kappa shape index (κ3) is 5.52. The summed E-state index contributed by atoms with van der Waals surface area (Å²) in [5, 5.41) is 6.25. The number of sulfone groups is 1. The lowest BCUT2D eigenvalue weighted by Crippen LogP contribution is -2.42. The van der Waals surface area contributed by atoms with E-state index in [1.807, 2.05) is 20.8 Å². The topological polar surface area (TPSA) is 105 Å². The molecule has 0 spiro atoms. The van der Waals surface area contributed by atoms with E-state index in [9.17, 15) is 18.0 Å². The number of fused-ring (bicyclic) bond motifs is 1. The molecule has 2 aromatic carbocycles. The lowest BCUT2D eigenvalue weighted by molar-refractivity contribution is 0.0910. The van der Waals surface area contributed by atoms with Crippen molar-refractivity contribution in [1.29, 1.82) is 0 Å². The largest absolute Gasteiger partial charge is 0.451 e. The van der Waals surface area contributed by atoms with Crippen LogP contribution in [-0.4, -0.2) is 32.0 Å². The van der Waals surface area contributed by atoms with Crippen molar-refractivity contribution >= 4 is 38.3 Å². The molecule has 0 radical (unpaired) electrons. The predicted molar refractivity (Wildman–Crippen MR) is 121 cm³/mol. The SMILES string of the molecule is CCC(C)(C)NC(=O)c1ccc(NC(=O)c2oc3ccccc3c2CS(C)(=O)=O)cc1. The number of hydrogen-bond acceptors (Lipinski definition) is 5. The van der Waals surface area contributed by atoms with Crippen molar-refractivity contribution in [3.8, 4) is 0 Å². The highest BCUT2D eigenvalue weighted by Gasteiger charge is 2.24. The summed E-state index contributed by atoms with van der Waals surface area (Å²) in [6.45, 7) is 5.89. The molecule has 164 valence electrons. The Labute approximate surface area is 181 Å². The minimum atomic E-state index is -3.38. The Hall–Kier alpha value is -3.13. The maximum absolute atomic E-state index is 12.9.